The number of carboxylic acid groups (broad SMARTS) is 1. The Bertz CT molecular complexity index is 797. The van der Waals surface area contributed by atoms with Crippen molar-refractivity contribution >= 4 is 11.8 Å². The highest BCUT2D eigenvalue weighted by Crippen LogP contribution is 2.37. The minimum atomic E-state index is -0.740. The van der Waals surface area contributed by atoms with Crippen LogP contribution in [0.25, 0.3) is 11.3 Å². The maximum Gasteiger partial charge on any atom is 0.309 e. The molecular weight excluding hydrogens is 334 g/mol. The molecule has 1 fully saturated rings. The number of nitrogens with zero attached hydrogens (tertiary/aromatic N) is 3. The smallest absolute Gasteiger partial charge is 0.309 e. The van der Waals surface area contributed by atoms with Crippen LogP contribution in [0.15, 0.2) is 30.7 Å². The lowest BCUT2D eigenvalue weighted by molar-refractivity contribution is -0.150. The number of nitrogens with two attached hydrogens (primary N) is 1. The van der Waals surface area contributed by atoms with E-state index in [4.69, 9.17) is 15.9 Å². The third-order valence-corrected chi connectivity index (χ3v) is 4.80. The van der Waals surface area contributed by atoms with E-state index >= 15 is 0 Å². The van der Waals surface area contributed by atoms with Gasteiger partial charge in [0, 0.05) is 17.8 Å². The van der Waals surface area contributed by atoms with Crippen LogP contribution < -0.4 is 10.5 Å². The van der Waals surface area contributed by atoms with Gasteiger partial charge in [-0.1, -0.05) is 0 Å². The molecule has 0 atom stereocenters. The van der Waals surface area contributed by atoms with Gasteiger partial charge in [0.25, 0.3) is 0 Å². The van der Waals surface area contributed by atoms with Gasteiger partial charge >= 0.3 is 5.97 Å². The predicted molar refractivity (Wildman–Crippen MR) is 94.9 cm³/mol. The van der Waals surface area contributed by atoms with Crippen molar-refractivity contribution in [1.82, 2.24) is 15.0 Å². The van der Waals surface area contributed by atoms with Gasteiger partial charge in [0.2, 0.25) is 5.88 Å². The molecule has 0 spiro atoms. The minimum Gasteiger partial charge on any atom is -0.481 e. The summed E-state index contributed by atoms with van der Waals surface area (Å²) in [6, 6.07) is 3.60. The van der Waals surface area contributed by atoms with E-state index in [0.29, 0.717) is 43.0 Å². The van der Waals surface area contributed by atoms with E-state index in [1.807, 2.05) is 6.07 Å². The Kier molecular flexibility index (Phi) is 4.83. The fraction of sp³-hybridized carbons (Fsp3) is 0.389. The van der Waals surface area contributed by atoms with Crippen molar-refractivity contribution in [2.24, 2.45) is 11.1 Å². The van der Waals surface area contributed by atoms with Gasteiger partial charge in [-0.2, -0.15) is 0 Å². The number of aromatic nitrogens is 3. The van der Waals surface area contributed by atoms with Gasteiger partial charge in [-0.25, -0.2) is 9.97 Å². The van der Waals surface area contributed by atoms with E-state index in [-0.39, 0.29) is 11.9 Å². The molecule has 0 aromatic carbocycles. The highest BCUT2D eigenvalue weighted by Gasteiger charge is 2.38. The molecule has 3 rings (SSSR count). The van der Waals surface area contributed by atoms with E-state index in [1.165, 1.54) is 6.20 Å². The van der Waals surface area contributed by atoms with Crippen molar-refractivity contribution in [3.05, 3.63) is 36.4 Å². The Balaban J connectivity index is 1.62. The number of ether oxygens (including phenoxy) is 1. The Morgan fingerprint density at radius 3 is 2.46 bits per heavy atom. The van der Waals surface area contributed by atoms with Gasteiger partial charge in [0.05, 0.1) is 23.5 Å². The van der Waals surface area contributed by atoms with Gasteiger partial charge in [0.1, 0.15) is 17.6 Å². The maximum atomic E-state index is 11.3. The number of amidine groups is 1. The summed E-state index contributed by atoms with van der Waals surface area (Å²) in [5.41, 5.74) is 6.45. The number of hydrogen-bond donors (Lipinski definition) is 3. The number of nitrogen functional groups attached to an aromatic ring is 1. The van der Waals surface area contributed by atoms with E-state index < -0.39 is 11.4 Å². The number of hydrogen-bond acceptors (Lipinski definition) is 6. The van der Waals surface area contributed by atoms with Crippen LogP contribution in [0.4, 0.5) is 0 Å². The standard InChI is InChI=1S/C18H21N5O3/c1-18(17(24)25)6-4-12(5-7-18)26-15-3-2-11(8-23-15)13-9-22-14(10-21-13)16(19)20/h2-3,8-10,12H,4-7H2,1H3,(H3,19,20)(H,24,25). The van der Waals surface area contributed by atoms with Crippen molar-refractivity contribution in [3.8, 4) is 17.1 Å². The van der Waals surface area contributed by atoms with Crippen LogP contribution in [0.2, 0.25) is 0 Å². The SMILES string of the molecule is CC1(C(=O)O)CCC(Oc2ccc(-c3cnc(C(=N)N)cn3)cn2)CC1. The first-order valence-corrected chi connectivity index (χ1v) is 8.40. The van der Waals surface area contributed by atoms with Crippen LogP contribution >= 0.6 is 0 Å². The first kappa shape index (κ1) is 17.8. The van der Waals surface area contributed by atoms with Crippen LogP contribution in [0.3, 0.4) is 0 Å². The van der Waals surface area contributed by atoms with Crippen molar-refractivity contribution in [3.63, 3.8) is 0 Å². The largest absolute Gasteiger partial charge is 0.481 e. The van der Waals surface area contributed by atoms with Gasteiger partial charge in [-0.05, 0) is 38.7 Å². The molecule has 2 heterocycles. The summed E-state index contributed by atoms with van der Waals surface area (Å²) in [5.74, 6) is -0.362. The number of rotatable bonds is 5. The fourth-order valence-electron chi connectivity index (χ4n) is 2.95. The normalized spacial score (nSPS) is 22.6. The summed E-state index contributed by atoms with van der Waals surface area (Å²) in [6.07, 6.45) is 7.22. The second-order valence-electron chi connectivity index (χ2n) is 6.77. The second kappa shape index (κ2) is 7.07. The van der Waals surface area contributed by atoms with Gasteiger partial charge in [-0.3, -0.25) is 15.2 Å². The van der Waals surface area contributed by atoms with Gasteiger partial charge in [-0.15, -0.1) is 0 Å². The van der Waals surface area contributed by atoms with Gasteiger partial charge < -0.3 is 15.6 Å². The van der Waals surface area contributed by atoms with Crippen molar-refractivity contribution < 1.29 is 14.6 Å². The van der Waals surface area contributed by atoms with E-state index in [2.05, 4.69) is 15.0 Å². The summed E-state index contributed by atoms with van der Waals surface area (Å²) >= 11 is 0. The van der Waals surface area contributed by atoms with Crippen LogP contribution in [0, 0.1) is 10.8 Å². The average molecular weight is 355 g/mol. The van der Waals surface area contributed by atoms with E-state index in [0.717, 1.165) is 5.56 Å². The number of carboxylic acids is 1. The Morgan fingerprint density at radius 1 is 1.23 bits per heavy atom. The molecule has 0 unspecified atom stereocenters. The molecule has 1 saturated carbocycles. The first-order valence-electron chi connectivity index (χ1n) is 8.40. The molecule has 0 radical (unpaired) electrons. The predicted octanol–water partition coefficient (Wildman–Crippen LogP) is 2.23. The lowest BCUT2D eigenvalue weighted by Gasteiger charge is -2.33. The molecule has 136 valence electrons. The van der Waals surface area contributed by atoms with Crippen LogP contribution in [0.5, 0.6) is 5.88 Å². The summed E-state index contributed by atoms with van der Waals surface area (Å²) in [4.78, 5) is 23.9. The molecule has 4 N–H and O–H groups in total. The lowest BCUT2D eigenvalue weighted by atomic mass is 9.75. The molecule has 1 aliphatic rings. The number of carbonyl (C=O) groups is 1. The first-order chi connectivity index (χ1) is 12.4. The second-order valence-corrected chi connectivity index (χ2v) is 6.77. The van der Waals surface area contributed by atoms with Crippen LogP contribution in [0.1, 0.15) is 38.3 Å². The number of pyridine rings is 1. The Hall–Kier alpha value is -3.03. The van der Waals surface area contributed by atoms with Crippen molar-refractivity contribution in [2.45, 2.75) is 38.7 Å². The molecule has 8 heteroatoms. The molecule has 0 aliphatic heterocycles. The zero-order chi connectivity index (χ0) is 18.7. The lowest BCUT2D eigenvalue weighted by Crippen LogP contribution is -2.36. The minimum absolute atomic E-state index is 0.0181. The molecular formula is C18H21N5O3. The molecule has 0 saturated heterocycles. The highest BCUT2D eigenvalue weighted by atomic mass is 16.5. The molecule has 26 heavy (non-hydrogen) atoms. The number of nitrogens with one attached hydrogen (secondary N) is 1. The third kappa shape index (κ3) is 3.79. The third-order valence-electron chi connectivity index (χ3n) is 4.80. The number of aliphatic carboxylic acids is 1. The van der Waals surface area contributed by atoms with Crippen molar-refractivity contribution in [1.29, 1.82) is 5.41 Å². The summed E-state index contributed by atoms with van der Waals surface area (Å²) in [6.45, 7) is 1.79. The fourth-order valence-corrected chi connectivity index (χ4v) is 2.95. The van der Waals surface area contributed by atoms with Gasteiger partial charge in [0.15, 0.2) is 0 Å². The zero-order valence-corrected chi connectivity index (χ0v) is 14.5. The monoisotopic (exact) mass is 355 g/mol. The van der Waals surface area contributed by atoms with E-state index in [1.54, 1.807) is 25.4 Å². The molecule has 8 nitrogen and oxygen atoms in total. The van der Waals surface area contributed by atoms with Crippen LogP contribution in [-0.2, 0) is 4.79 Å². The topological polar surface area (TPSA) is 135 Å². The summed E-state index contributed by atoms with van der Waals surface area (Å²) in [5, 5.41) is 16.6. The summed E-state index contributed by atoms with van der Waals surface area (Å²) in [7, 11) is 0. The van der Waals surface area contributed by atoms with Crippen molar-refractivity contribution in [2.75, 3.05) is 0 Å². The maximum absolute atomic E-state index is 11.3. The average Bonchev–Trinajstić information content (AvgIpc) is 2.64. The molecule has 1 aliphatic carbocycles. The molecule has 0 bridgehead atoms. The zero-order valence-electron chi connectivity index (χ0n) is 14.5. The quantitative estimate of drug-likeness (QED) is 0.553. The van der Waals surface area contributed by atoms with Crippen LogP contribution in [-0.4, -0.2) is 38.0 Å². The molecule has 2 aromatic heterocycles. The molecule has 2 aromatic rings. The highest BCUT2D eigenvalue weighted by molar-refractivity contribution is 5.92. The Labute approximate surface area is 151 Å². The summed E-state index contributed by atoms with van der Waals surface area (Å²) < 4.78 is 5.89. The Morgan fingerprint density at radius 2 is 1.96 bits per heavy atom. The molecule has 0 amide bonds. The van der Waals surface area contributed by atoms with E-state index in [9.17, 15) is 9.90 Å².